The highest BCUT2D eigenvalue weighted by Gasteiger charge is 2.27. The number of hydrogen-bond acceptors (Lipinski definition) is 2. The Kier molecular flexibility index (Phi) is 7.76. The zero-order valence-electron chi connectivity index (χ0n) is 14.0. The van der Waals surface area contributed by atoms with Gasteiger partial charge in [0.25, 0.3) is 0 Å². The number of halogens is 1. The van der Waals surface area contributed by atoms with Gasteiger partial charge in [-0.1, -0.05) is 49.4 Å². The summed E-state index contributed by atoms with van der Waals surface area (Å²) in [6, 6.07) is 18.5. The van der Waals surface area contributed by atoms with Gasteiger partial charge in [0.15, 0.2) is 7.57 Å². The normalized spacial score (nSPS) is 14.6. The van der Waals surface area contributed by atoms with Gasteiger partial charge in [0.1, 0.15) is 0 Å². The highest BCUT2D eigenvalue weighted by Crippen LogP contribution is 2.31. The fourth-order valence-corrected chi connectivity index (χ4v) is 3.51. The molecule has 5 heteroatoms. The molecule has 2 nitrogen and oxygen atoms in total. The Morgan fingerprint density at radius 3 is 2.25 bits per heavy atom. The van der Waals surface area contributed by atoms with Gasteiger partial charge in [0.2, 0.25) is 0 Å². The second kappa shape index (κ2) is 9.57. The van der Waals surface area contributed by atoms with E-state index in [1.54, 1.807) is 6.66 Å². The quantitative estimate of drug-likeness (QED) is 0.338. The third-order valence-corrected chi connectivity index (χ3v) is 5.18. The van der Waals surface area contributed by atoms with Crippen molar-refractivity contribution in [3.8, 4) is 0 Å². The lowest BCUT2D eigenvalue weighted by molar-refractivity contribution is -0.139. The molecule has 0 saturated carbocycles. The van der Waals surface area contributed by atoms with Crippen molar-refractivity contribution in [1.82, 2.24) is 0 Å². The fraction of sp³-hybridized carbons (Fsp3) is 0.316. The average Bonchev–Trinajstić information content (AvgIpc) is 2.55. The number of rotatable bonds is 7. The Morgan fingerprint density at radius 1 is 1.08 bits per heavy atom. The lowest BCUT2D eigenvalue weighted by atomic mass is 9.84. The monoisotopic (exact) mass is 450 g/mol. The summed E-state index contributed by atoms with van der Waals surface area (Å²) in [4.78, 5) is 12.6. The molecular weight excluding hydrogens is 429 g/mol. The molecule has 0 aliphatic heterocycles. The third-order valence-electron chi connectivity index (χ3n) is 3.99. The van der Waals surface area contributed by atoms with Crippen LogP contribution in [0, 0.1) is 15.4 Å². The van der Waals surface area contributed by atoms with Crippen LogP contribution >= 0.6 is 30.6 Å². The lowest BCUT2D eigenvalue weighted by Crippen LogP contribution is -2.26. The lowest BCUT2D eigenvalue weighted by Gasteiger charge is -2.24. The minimum absolute atomic E-state index is 0.174. The molecule has 124 valence electrons. The Morgan fingerprint density at radius 2 is 1.67 bits per heavy atom. The molecular formula is C19H21BIO2P. The zero-order chi connectivity index (χ0) is 17.5. The molecule has 0 bridgehead atoms. The molecule has 1 unspecified atom stereocenters. The van der Waals surface area contributed by atoms with E-state index in [1.165, 1.54) is 9.13 Å². The molecule has 2 radical (unpaired) electrons. The molecule has 0 fully saturated rings. The van der Waals surface area contributed by atoms with Crippen molar-refractivity contribution in [2.45, 2.75) is 19.8 Å². The molecule has 0 amide bonds. The van der Waals surface area contributed by atoms with E-state index in [0.29, 0.717) is 6.42 Å². The summed E-state index contributed by atoms with van der Waals surface area (Å²) in [5, 5.41) is 0. The standard InChI is InChI=1S/C19H21BIO2P/c1-14(12-16-8-10-17(21)11-9-16)18(19(22)23-24(2)20)13-15-6-4-3-5-7-15/h3-11,14,18H,12-13H2,1-2H3/t14-,18-,24?/m0/s1. The predicted molar refractivity (Wildman–Crippen MR) is 110 cm³/mol. The smallest absolute Gasteiger partial charge is 0.311 e. The first-order valence-electron chi connectivity index (χ1n) is 7.94. The van der Waals surface area contributed by atoms with E-state index in [4.69, 9.17) is 12.1 Å². The van der Waals surface area contributed by atoms with Gasteiger partial charge in [-0.2, -0.15) is 0 Å². The van der Waals surface area contributed by atoms with Crippen molar-refractivity contribution in [2.24, 2.45) is 11.8 Å². The number of carbonyl (C=O) groups excluding carboxylic acids is 1. The number of benzene rings is 2. The van der Waals surface area contributed by atoms with Gasteiger partial charge in [-0.3, -0.25) is 4.79 Å². The minimum atomic E-state index is -1.19. The van der Waals surface area contributed by atoms with Crippen LogP contribution in [0.15, 0.2) is 54.6 Å². The molecule has 0 aliphatic carbocycles. The first-order chi connectivity index (χ1) is 11.5. The van der Waals surface area contributed by atoms with Gasteiger partial charge < -0.3 is 4.52 Å². The topological polar surface area (TPSA) is 26.3 Å². The summed E-state index contributed by atoms with van der Waals surface area (Å²) in [5.74, 6) is -0.208. The van der Waals surface area contributed by atoms with Crippen molar-refractivity contribution in [1.29, 1.82) is 0 Å². The third kappa shape index (κ3) is 6.21. The molecule has 24 heavy (non-hydrogen) atoms. The molecule has 0 heterocycles. The molecule has 2 rings (SSSR count). The van der Waals surface area contributed by atoms with Crippen molar-refractivity contribution < 1.29 is 9.32 Å². The highest BCUT2D eigenvalue weighted by molar-refractivity contribution is 14.1. The van der Waals surface area contributed by atoms with Crippen LogP contribution < -0.4 is 0 Å². The van der Waals surface area contributed by atoms with Gasteiger partial charge in [-0.15, -0.1) is 0 Å². The maximum absolute atomic E-state index is 12.6. The van der Waals surface area contributed by atoms with Gasteiger partial charge in [-0.05, 0) is 71.3 Å². The first-order valence-corrected chi connectivity index (χ1v) is 10.8. The molecule has 0 N–H and O–H groups in total. The maximum atomic E-state index is 12.6. The van der Waals surface area contributed by atoms with Crippen molar-refractivity contribution in [3.05, 3.63) is 69.3 Å². The molecule has 0 aliphatic rings. The van der Waals surface area contributed by atoms with E-state index >= 15 is 0 Å². The Labute approximate surface area is 160 Å². The van der Waals surface area contributed by atoms with Crippen LogP contribution in [0.5, 0.6) is 0 Å². The van der Waals surface area contributed by atoms with Crippen molar-refractivity contribution >= 4 is 44.2 Å². The first kappa shape index (κ1) is 19.5. The minimum Gasteiger partial charge on any atom is -0.457 e. The second-order valence-corrected chi connectivity index (χ2v) is 8.58. The van der Waals surface area contributed by atoms with Crippen LogP contribution in [0.1, 0.15) is 18.1 Å². The van der Waals surface area contributed by atoms with E-state index in [2.05, 4.69) is 65.9 Å². The van der Waals surface area contributed by atoms with Crippen LogP contribution in [0.25, 0.3) is 0 Å². The van der Waals surface area contributed by atoms with Gasteiger partial charge >= 0.3 is 5.97 Å². The molecule has 2 aromatic rings. The Hall–Kier alpha value is -0.865. The number of hydrogen-bond donors (Lipinski definition) is 0. The predicted octanol–water partition coefficient (Wildman–Crippen LogP) is 4.98. The maximum Gasteiger partial charge on any atom is 0.311 e. The Bertz CT molecular complexity index is 646. The highest BCUT2D eigenvalue weighted by atomic mass is 127. The van der Waals surface area contributed by atoms with Crippen LogP contribution in [0.3, 0.4) is 0 Å². The van der Waals surface area contributed by atoms with Gasteiger partial charge in [0, 0.05) is 11.6 Å². The average molecular weight is 450 g/mol. The summed E-state index contributed by atoms with van der Waals surface area (Å²) in [6.45, 7) is 3.86. The summed E-state index contributed by atoms with van der Waals surface area (Å²) < 4.78 is 6.58. The zero-order valence-corrected chi connectivity index (χ0v) is 17.0. The largest absolute Gasteiger partial charge is 0.457 e. The molecule has 0 spiro atoms. The second-order valence-electron chi connectivity index (χ2n) is 6.06. The summed E-state index contributed by atoms with van der Waals surface area (Å²) in [7, 11) is 4.53. The van der Waals surface area contributed by atoms with E-state index in [9.17, 15) is 4.79 Å². The van der Waals surface area contributed by atoms with Gasteiger partial charge in [-0.25, -0.2) is 0 Å². The number of carbonyl (C=O) groups is 1. The summed E-state index contributed by atoms with van der Waals surface area (Å²) in [5.41, 5.74) is 2.38. The van der Waals surface area contributed by atoms with Gasteiger partial charge in [0.05, 0.1) is 5.92 Å². The van der Waals surface area contributed by atoms with Crippen molar-refractivity contribution in [2.75, 3.05) is 6.66 Å². The SMILES string of the molecule is [B]P(C)OC(=O)[C@@H](Cc1ccccc1)[C@@H](C)Cc1ccc(I)cc1. The van der Waals surface area contributed by atoms with E-state index in [-0.39, 0.29) is 17.8 Å². The molecule has 0 saturated heterocycles. The van der Waals surface area contributed by atoms with Crippen LogP contribution in [0.2, 0.25) is 0 Å². The Balaban J connectivity index is 2.13. The molecule has 3 atom stereocenters. The van der Waals surface area contributed by atoms with Crippen LogP contribution in [0.4, 0.5) is 0 Å². The van der Waals surface area contributed by atoms with Crippen LogP contribution in [-0.2, 0) is 22.2 Å². The van der Waals surface area contributed by atoms with E-state index in [1.807, 2.05) is 18.2 Å². The molecule has 2 aromatic carbocycles. The van der Waals surface area contributed by atoms with E-state index in [0.717, 1.165) is 12.0 Å². The molecule has 0 aromatic heterocycles. The summed E-state index contributed by atoms with van der Waals surface area (Å²) >= 11 is 2.30. The summed E-state index contributed by atoms with van der Waals surface area (Å²) in [6.07, 6.45) is 1.52. The van der Waals surface area contributed by atoms with Crippen LogP contribution in [-0.4, -0.2) is 20.2 Å². The fourth-order valence-electron chi connectivity index (χ4n) is 2.73. The van der Waals surface area contributed by atoms with Crippen molar-refractivity contribution in [3.63, 3.8) is 0 Å². The van der Waals surface area contributed by atoms with E-state index < -0.39 is 8.03 Å².